The fraction of sp³-hybridized carbons (Fsp3) is 0.643. The van der Waals surface area contributed by atoms with Crippen molar-refractivity contribution in [1.82, 2.24) is 15.1 Å². The third-order valence-electron chi connectivity index (χ3n) is 4.13. The molecule has 2 rings (SSSR count). The second-order valence-electron chi connectivity index (χ2n) is 5.50. The normalized spacial score (nSPS) is 17.5. The summed E-state index contributed by atoms with van der Waals surface area (Å²) in [4.78, 5) is 23.8. The number of amides is 1. The largest absolute Gasteiger partial charge is 0.480 e. The molecule has 0 bridgehead atoms. The van der Waals surface area contributed by atoms with Crippen LogP contribution in [0.4, 0.5) is 0 Å². The molecule has 116 valence electrons. The molecule has 2 heterocycles. The van der Waals surface area contributed by atoms with Gasteiger partial charge in [0.1, 0.15) is 5.54 Å². The zero-order valence-electron chi connectivity index (χ0n) is 12.6. The van der Waals surface area contributed by atoms with Gasteiger partial charge >= 0.3 is 5.97 Å². The number of hydrogen-bond acceptors (Lipinski definition) is 4. The van der Waals surface area contributed by atoms with Crippen molar-refractivity contribution < 1.29 is 19.4 Å². The summed E-state index contributed by atoms with van der Waals surface area (Å²) in [6, 6.07) is 0. The first-order valence-corrected chi connectivity index (χ1v) is 6.97. The number of nitrogens with one attached hydrogen (secondary N) is 1. The summed E-state index contributed by atoms with van der Waals surface area (Å²) >= 11 is 0. The Balaban J connectivity index is 2.11. The highest BCUT2D eigenvalue weighted by Gasteiger charge is 2.41. The third-order valence-corrected chi connectivity index (χ3v) is 4.13. The molecule has 0 radical (unpaired) electrons. The van der Waals surface area contributed by atoms with Crippen LogP contribution in [0.3, 0.4) is 0 Å². The Labute approximate surface area is 123 Å². The van der Waals surface area contributed by atoms with E-state index in [4.69, 9.17) is 4.74 Å². The topological polar surface area (TPSA) is 93.5 Å². The minimum Gasteiger partial charge on any atom is -0.480 e. The van der Waals surface area contributed by atoms with Gasteiger partial charge in [-0.15, -0.1) is 0 Å². The van der Waals surface area contributed by atoms with Crippen LogP contribution in [0.25, 0.3) is 0 Å². The van der Waals surface area contributed by atoms with E-state index in [2.05, 4.69) is 10.4 Å². The van der Waals surface area contributed by atoms with E-state index in [1.54, 1.807) is 4.68 Å². The summed E-state index contributed by atoms with van der Waals surface area (Å²) in [6.45, 7) is 4.43. The van der Waals surface area contributed by atoms with Crippen molar-refractivity contribution in [3.05, 3.63) is 17.0 Å². The Morgan fingerprint density at radius 2 is 2.00 bits per heavy atom. The maximum atomic E-state index is 12.3. The Bertz CT molecular complexity index is 559. The first-order valence-electron chi connectivity index (χ1n) is 6.97. The van der Waals surface area contributed by atoms with E-state index in [0.717, 1.165) is 17.0 Å². The molecule has 1 saturated heterocycles. The lowest BCUT2D eigenvalue weighted by Gasteiger charge is -2.33. The molecule has 1 aliphatic heterocycles. The van der Waals surface area contributed by atoms with E-state index in [-0.39, 0.29) is 12.3 Å². The van der Waals surface area contributed by atoms with Gasteiger partial charge in [-0.3, -0.25) is 9.48 Å². The van der Waals surface area contributed by atoms with Crippen molar-refractivity contribution in [3.8, 4) is 0 Å². The molecule has 1 aliphatic rings. The van der Waals surface area contributed by atoms with Crippen molar-refractivity contribution in [2.24, 2.45) is 7.05 Å². The second-order valence-corrected chi connectivity index (χ2v) is 5.50. The van der Waals surface area contributed by atoms with Crippen LogP contribution in [0.15, 0.2) is 0 Å². The number of aromatic nitrogens is 2. The quantitative estimate of drug-likeness (QED) is 0.835. The fourth-order valence-electron chi connectivity index (χ4n) is 2.66. The van der Waals surface area contributed by atoms with Crippen LogP contribution >= 0.6 is 0 Å². The fourth-order valence-corrected chi connectivity index (χ4v) is 2.66. The molecule has 1 fully saturated rings. The molecule has 7 heteroatoms. The molecule has 0 unspecified atom stereocenters. The number of carboxylic acids is 1. The molecule has 1 aromatic heterocycles. The Morgan fingerprint density at radius 1 is 1.38 bits per heavy atom. The molecule has 7 nitrogen and oxygen atoms in total. The van der Waals surface area contributed by atoms with E-state index in [1.807, 2.05) is 20.9 Å². The van der Waals surface area contributed by atoms with Crippen LogP contribution in [-0.2, 0) is 27.8 Å². The molecule has 0 atom stereocenters. The van der Waals surface area contributed by atoms with E-state index in [9.17, 15) is 14.7 Å². The van der Waals surface area contributed by atoms with Crippen molar-refractivity contribution >= 4 is 11.9 Å². The molecule has 0 aromatic carbocycles. The molecular formula is C14H21N3O4. The number of rotatable bonds is 4. The molecule has 0 saturated carbocycles. The summed E-state index contributed by atoms with van der Waals surface area (Å²) in [5.74, 6) is -1.29. The second kappa shape index (κ2) is 5.85. The number of hydrogen-bond donors (Lipinski definition) is 2. The predicted octanol–water partition coefficient (Wildman–Crippen LogP) is 0.329. The zero-order valence-corrected chi connectivity index (χ0v) is 12.6. The molecule has 2 N–H and O–H groups in total. The van der Waals surface area contributed by atoms with Gasteiger partial charge in [-0.1, -0.05) is 0 Å². The summed E-state index contributed by atoms with van der Waals surface area (Å²) in [5, 5.41) is 16.4. The highest BCUT2D eigenvalue weighted by Crippen LogP contribution is 2.22. The first-order chi connectivity index (χ1) is 9.85. The van der Waals surface area contributed by atoms with Crippen molar-refractivity contribution in [1.29, 1.82) is 0 Å². The maximum Gasteiger partial charge on any atom is 0.329 e. The van der Waals surface area contributed by atoms with E-state index in [1.165, 1.54) is 0 Å². The average molecular weight is 295 g/mol. The van der Waals surface area contributed by atoms with E-state index < -0.39 is 11.5 Å². The van der Waals surface area contributed by atoms with Crippen LogP contribution in [0.1, 0.15) is 29.8 Å². The molecule has 0 aliphatic carbocycles. The average Bonchev–Trinajstić information content (AvgIpc) is 2.66. The van der Waals surface area contributed by atoms with Gasteiger partial charge < -0.3 is 15.2 Å². The van der Waals surface area contributed by atoms with Gasteiger partial charge in [0.05, 0.1) is 12.1 Å². The van der Waals surface area contributed by atoms with Crippen molar-refractivity contribution in [2.45, 2.75) is 38.6 Å². The lowest BCUT2D eigenvalue weighted by Crippen LogP contribution is -2.57. The van der Waals surface area contributed by atoms with Crippen molar-refractivity contribution in [3.63, 3.8) is 0 Å². The molecular weight excluding hydrogens is 274 g/mol. The molecule has 1 aromatic rings. The lowest BCUT2D eigenvalue weighted by atomic mass is 9.89. The number of aliphatic carboxylic acids is 1. The van der Waals surface area contributed by atoms with Gasteiger partial charge in [0.15, 0.2) is 0 Å². The third kappa shape index (κ3) is 3.07. The Hall–Kier alpha value is -1.89. The SMILES string of the molecule is Cc1nn(C)c(C)c1CC(=O)NC1(C(=O)O)CCOCC1. The summed E-state index contributed by atoms with van der Waals surface area (Å²) in [7, 11) is 1.82. The van der Waals surface area contributed by atoms with Gasteiger partial charge in [0.2, 0.25) is 5.91 Å². The highest BCUT2D eigenvalue weighted by molar-refractivity contribution is 5.88. The van der Waals surface area contributed by atoms with Gasteiger partial charge in [-0.05, 0) is 13.8 Å². The summed E-state index contributed by atoms with van der Waals surface area (Å²) in [5.41, 5.74) is 1.35. The van der Waals surface area contributed by atoms with Crippen molar-refractivity contribution in [2.75, 3.05) is 13.2 Å². The summed E-state index contributed by atoms with van der Waals surface area (Å²) in [6.07, 6.45) is 0.722. The predicted molar refractivity (Wildman–Crippen MR) is 74.9 cm³/mol. The summed E-state index contributed by atoms with van der Waals surface area (Å²) < 4.78 is 6.91. The minimum atomic E-state index is -1.21. The Morgan fingerprint density at radius 3 is 2.48 bits per heavy atom. The number of nitrogens with zero attached hydrogens (tertiary/aromatic N) is 2. The van der Waals surface area contributed by atoms with Crippen LogP contribution in [0.5, 0.6) is 0 Å². The standard InChI is InChI=1S/C14H21N3O4/c1-9-11(10(2)17(3)16-9)8-12(18)15-14(13(19)20)4-6-21-7-5-14/h4-8H2,1-3H3,(H,15,18)(H,19,20). The van der Waals surface area contributed by atoms with Crippen LogP contribution in [0.2, 0.25) is 0 Å². The smallest absolute Gasteiger partial charge is 0.329 e. The number of carbonyl (C=O) groups is 2. The molecule has 21 heavy (non-hydrogen) atoms. The number of carbonyl (C=O) groups excluding carboxylic acids is 1. The maximum absolute atomic E-state index is 12.3. The minimum absolute atomic E-state index is 0.140. The van der Waals surface area contributed by atoms with Gasteiger partial charge in [-0.2, -0.15) is 5.10 Å². The zero-order chi connectivity index (χ0) is 15.6. The molecule has 0 spiro atoms. The first kappa shape index (κ1) is 15.5. The van der Waals surface area contributed by atoms with Gasteiger partial charge in [0.25, 0.3) is 0 Å². The Kier molecular flexibility index (Phi) is 4.32. The van der Waals surface area contributed by atoms with E-state index in [0.29, 0.717) is 26.1 Å². The monoisotopic (exact) mass is 295 g/mol. The highest BCUT2D eigenvalue weighted by atomic mass is 16.5. The lowest BCUT2D eigenvalue weighted by molar-refractivity contribution is -0.152. The van der Waals surface area contributed by atoms with Crippen LogP contribution in [0, 0.1) is 13.8 Å². The van der Waals surface area contributed by atoms with Crippen LogP contribution < -0.4 is 5.32 Å². The van der Waals surface area contributed by atoms with Gasteiger partial charge in [-0.25, -0.2) is 4.79 Å². The number of aryl methyl sites for hydroxylation is 2. The number of ether oxygens (including phenoxy) is 1. The molecule has 1 amide bonds. The van der Waals surface area contributed by atoms with Gasteiger partial charge in [0, 0.05) is 44.4 Å². The van der Waals surface area contributed by atoms with E-state index >= 15 is 0 Å². The van der Waals surface area contributed by atoms with Crippen LogP contribution in [-0.4, -0.2) is 45.5 Å². The number of carboxylic acid groups (broad SMARTS) is 1.